The fourth-order valence-electron chi connectivity index (χ4n) is 3.43. The molecule has 0 bridgehead atoms. The largest absolute Gasteiger partial charge is 0.399 e. The van der Waals surface area contributed by atoms with Gasteiger partial charge < -0.3 is 10.6 Å². The van der Waals surface area contributed by atoms with Crippen molar-refractivity contribution >= 4 is 24.0 Å². The Morgan fingerprint density at radius 2 is 1.79 bits per heavy atom. The van der Waals surface area contributed by atoms with Crippen LogP contribution in [0.15, 0.2) is 24.3 Å². The summed E-state index contributed by atoms with van der Waals surface area (Å²) < 4.78 is 0. The molecule has 0 spiro atoms. The first-order valence-corrected chi connectivity index (χ1v) is 6.89. The van der Waals surface area contributed by atoms with Crippen molar-refractivity contribution in [2.75, 3.05) is 18.8 Å². The lowest BCUT2D eigenvalue weighted by Crippen LogP contribution is -2.29. The SMILES string of the molecule is Cl.Nc1cccc(C(=O)N2CC3CCCCC3C2)c1. The summed E-state index contributed by atoms with van der Waals surface area (Å²) in [7, 11) is 0. The van der Waals surface area contributed by atoms with Crippen molar-refractivity contribution in [1.29, 1.82) is 0 Å². The monoisotopic (exact) mass is 280 g/mol. The quantitative estimate of drug-likeness (QED) is 0.804. The van der Waals surface area contributed by atoms with Crippen LogP contribution >= 0.6 is 12.4 Å². The molecule has 1 heterocycles. The summed E-state index contributed by atoms with van der Waals surface area (Å²) in [5.74, 6) is 1.63. The average molecular weight is 281 g/mol. The molecule has 2 N–H and O–H groups in total. The zero-order valence-corrected chi connectivity index (χ0v) is 11.9. The maximum Gasteiger partial charge on any atom is 0.253 e. The predicted octanol–water partition coefficient (Wildman–Crippen LogP) is 2.95. The van der Waals surface area contributed by atoms with Gasteiger partial charge in [-0.05, 0) is 42.9 Å². The van der Waals surface area contributed by atoms with Gasteiger partial charge in [0.15, 0.2) is 0 Å². The minimum Gasteiger partial charge on any atom is -0.399 e. The number of carbonyl (C=O) groups excluding carboxylic acids is 1. The summed E-state index contributed by atoms with van der Waals surface area (Å²) in [6.45, 7) is 1.89. The molecule has 0 radical (unpaired) electrons. The Hall–Kier alpha value is -1.22. The summed E-state index contributed by atoms with van der Waals surface area (Å²) in [5.41, 5.74) is 7.14. The van der Waals surface area contributed by atoms with Gasteiger partial charge in [-0.1, -0.05) is 18.9 Å². The molecule has 1 aromatic rings. The minimum atomic E-state index is 0. The highest BCUT2D eigenvalue weighted by Gasteiger charge is 2.36. The molecule has 1 saturated heterocycles. The molecular formula is C15H21ClN2O. The lowest BCUT2D eigenvalue weighted by Gasteiger charge is -2.22. The van der Waals surface area contributed by atoms with Crippen molar-refractivity contribution in [3.05, 3.63) is 29.8 Å². The molecule has 1 aliphatic heterocycles. The number of nitrogens with two attached hydrogens (primary N) is 1. The van der Waals surface area contributed by atoms with E-state index in [1.807, 2.05) is 23.1 Å². The number of hydrogen-bond acceptors (Lipinski definition) is 2. The second-order valence-electron chi connectivity index (χ2n) is 5.64. The number of halogens is 1. The Bertz CT molecular complexity index is 449. The van der Waals surface area contributed by atoms with Gasteiger partial charge in [-0.25, -0.2) is 0 Å². The first-order valence-electron chi connectivity index (χ1n) is 6.89. The molecule has 104 valence electrons. The Kier molecular flexibility index (Phi) is 4.35. The van der Waals surface area contributed by atoms with E-state index >= 15 is 0 Å². The van der Waals surface area contributed by atoms with Crippen LogP contribution in [0.5, 0.6) is 0 Å². The standard InChI is InChI=1S/C15H20N2O.ClH/c16-14-7-3-6-11(8-14)15(18)17-9-12-4-1-2-5-13(12)10-17;/h3,6-8,12-13H,1-2,4-5,9-10,16H2;1H. The number of nitrogen functional groups attached to an aromatic ring is 1. The molecule has 2 unspecified atom stereocenters. The molecule has 1 aromatic carbocycles. The van der Waals surface area contributed by atoms with Gasteiger partial charge in [-0.2, -0.15) is 0 Å². The topological polar surface area (TPSA) is 46.3 Å². The maximum atomic E-state index is 12.4. The van der Waals surface area contributed by atoms with Crippen LogP contribution in [-0.4, -0.2) is 23.9 Å². The van der Waals surface area contributed by atoms with Crippen molar-refractivity contribution in [2.24, 2.45) is 11.8 Å². The van der Waals surface area contributed by atoms with E-state index in [9.17, 15) is 4.79 Å². The van der Waals surface area contributed by atoms with Crippen LogP contribution in [0.3, 0.4) is 0 Å². The van der Waals surface area contributed by atoms with Crippen molar-refractivity contribution < 1.29 is 4.79 Å². The lowest BCUT2D eigenvalue weighted by atomic mass is 9.82. The molecular weight excluding hydrogens is 260 g/mol. The van der Waals surface area contributed by atoms with Gasteiger partial charge in [0.05, 0.1) is 0 Å². The molecule has 19 heavy (non-hydrogen) atoms. The van der Waals surface area contributed by atoms with E-state index < -0.39 is 0 Å². The number of benzene rings is 1. The third-order valence-electron chi connectivity index (χ3n) is 4.40. The number of nitrogens with zero attached hydrogens (tertiary/aromatic N) is 1. The van der Waals surface area contributed by atoms with Crippen LogP contribution in [0.1, 0.15) is 36.0 Å². The van der Waals surface area contributed by atoms with E-state index in [4.69, 9.17) is 5.73 Å². The summed E-state index contributed by atoms with van der Waals surface area (Å²) >= 11 is 0. The van der Waals surface area contributed by atoms with Gasteiger partial charge in [0.25, 0.3) is 5.91 Å². The molecule has 3 nitrogen and oxygen atoms in total. The van der Waals surface area contributed by atoms with Crippen LogP contribution in [0.2, 0.25) is 0 Å². The highest BCUT2D eigenvalue weighted by molar-refractivity contribution is 5.95. The number of rotatable bonds is 1. The highest BCUT2D eigenvalue weighted by Crippen LogP contribution is 2.36. The molecule has 0 aromatic heterocycles. The fourth-order valence-corrected chi connectivity index (χ4v) is 3.43. The zero-order chi connectivity index (χ0) is 12.5. The molecule has 4 heteroatoms. The molecule has 1 aliphatic carbocycles. The second-order valence-corrected chi connectivity index (χ2v) is 5.64. The number of anilines is 1. The van der Waals surface area contributed by atoms with Crippen molar-refractivity contribution in [3.8, 4) is 0 Å². The van der Waals surface area contributed by atoms with Crippen molar-refractivity contribution in [3.63, 3.8) is 0 Å². The van der Waals surface area contributed by atoms with Crippen molar-refractivity contribution in [2.45, 2.75) is 25.7 Å². The molecule has 2 atom stereocenters. The highest BCUT2D eigenvalue weighted by atomic mass is 35.5. The third kappa shape index (κ3) is 2.86. The minimum absolute atomic E-state index is 0. The number of hydrogen-bond donors (Lipinski definition) is 1. The van der Waals surface area contributed by atoms with Gasteiger partial charge in [0, 0.05) is 24.3 Å². The van der Waals surface area contributed by atoms with Crippen LogP contribution < -0.4 is 5.73 Å². The molecule has 3 rings (SSSR count). The van der Waals surface area contributed by atoms with E-state index in [0.29, 0.717) is 5.69 Å². The smallest absolute Gasteiger partial charge is 0.253 e. The number of likely N-dealkylation sites (tertiary alicyclic amines) is 1. The summed E-state index contributed by atoms with van der Waals surface area (Å²) in [4.78, 5) is 14.4. The van der Waals surface area contributed by atoms with Crippen molar-refractivity contribution in [1.82, 2.24) is 4.90 Å². The summed E-state index contributed by atoms with van der Waals surface area (Å²) in [6, 6.07) is 7.32. The van der Waals surface area contributed by atoms with E-state index in [2.05, 4.69) is 0 Å². The van der Waals surface area contributed by atoms with Crippen LogP contribution in [0.25, 0.3) is 0 Å². The Labute approximate surface area is 120 Å². The second kappa shape index (κ2) is 5.83. The summed E-state index contributed by atoms with van der Waals surface area (Å²) in [6.07, 6.45) is 5.26. The summed E-state index contributed by atoms with van der Waals surface area (Å²) in [5, 5.41) is 0. The average Bonchev–Trinajstić information content (AvgIpc) is 2.81. The third-order valence-corrected chi connectivity index (χ3v) is 4.40. The van der Waals surface area contributed by atoms with E-state index in [0.717, 1.165) is 30.5 Å². The van der Waals surface area contributed by atoms with Crippen LogP contribution in [-0.2, 0) is 0 Å². The van der Waals surface area contributed by atoms with Gasteiger partial charge in [-0.3, -0.25) is 4.79 Å². The van der Waals surface area contributed by atoms with Crippen LogP contribution in [0.4, 0.5) is 5.69 Å². The Morgan fingerprint density at radius 3 is 2.37 bits per heavy atom. The zero-order valence-electron chi connectivity index (χ0n) is 11.0. The van der Waals surface area contributed by atoms with Gasteiger partial charge >= 0.3 is 0 Å². The van der Waals surface area contributed by atoms with E-state index in [1.165, 1.54) is 25.7 Å². The van der Waals surface area contributed by atoms with Gasteiger partial charge in [0.1, 0.15) is 0 Å². The predicted molar refractivity (Wildman–Crippen MR) is 79.5 cm³/mol. The number of amides is 1. The van der Waals surface area contributed by atoms with E-state index in [1.54, 1.807) is 6.07 Å². The lowest BCUT2D eigenvalue weighted by molar-refractivity contribution is 0.0784. The Balaban J connectivity index is 0.00000133. The first kappa shape index (κ1) is 14.2. The molecule has 1 saturated carbocycles. The first-order chi connectivity index (χ1) is 8.74. The van der Waals surface area contributed by atoms with Gasteiger partial charge in [0.2, 0.25) is 0 Å². The number of fused-ring (bicyclic) bond motifs is 1. The van der Waals surface area contributed by atoms with Gasteiger partial charge in [-0.15, -0.1) is 12.4 Å². The van der Waals surface area contributed by atoms with Crippen LogP contribution in [0, 0.1) is 11.8 Å². The maximum absolute atomic E-state index is 12.4. The number of carbonyl (C=O) groups is 1. The van der Waals surface area contributed by atoms with E-state index in [-0.39, 0.29) is 18.3 Å². The Morgan fingerprint density at radius 1 is 1.16 bits per heavy atom. The molecule has 2 aliphatic rings. The fraction of sp³-hybridized carbons (Fsp3) is 0.533. The molecule has 2 fully saturated rings. The normalized spacial score (nSPS) is 25.6. The molecule has 1 amide bonds.